The van der Waals surface area contributed by atoms with Crippen LogP contribution in [0.25, 0.3) is 0 Å². The molecule has 0 atom stereocenters. The summed E-state index contributed by atoms with van der Waals surface area (Å²) in [4.78, 5) is 22.5. The van der Waals surface area contributed by atoms with E-state index in [1.165, 1.54) is 10.8 Å². The number of rotatable bonds is 8. The van der Waals surface area contributed by atoms with Gasteiger partial charge in [0.1, 0.15) is 0 Å². The van der Waals surface area contributed by atoms with Gasteiger partial charge < -0.3 is 10.4 Å². The third kappa shape index (κ3) is 5.92. The molecule has 0 fully saturated rings. The maximum absolute atomic E-state index is 12.1. The lowest BCUT2D eigenvalue weighted by Crippen LogP contribution is -2.28. The van der Waals surface area contributed by atoms with E-state index in [0.29, 0.717) is 17.9 Å². The minimum Gasteiger partial charge on any atom is -0.481 e. The van der Waals surface area contributed by atoms with Crippen molar-refractivity contribution >= 4 is 33.5 Å². The fourth-order valence-corrected chi connectivity index (χ4v) is 3.74. The molecule has 0 radical (unpaired) electrons. The number of aromatic nitrogens is 2. The normalized spacial score (nSPS) is 11.5. The molecule has 1 rings (SSSR count). The molecule has 0 unspecified atom stereocenters. The van der Waals surface area contributed by atoms with Gasteiger partial charge in [-0.25, -0.2) is 0 Å². The molecule has 0 aromatic carbocycles. The average molecular weight is 345 g/mol. The highest BCUT2D eigenvalue weighted by Crippen LogP contribution is 2.21. The van der Waals surface area contributed by atoms with E-state index in [9.17, 15) is 9.59 Å². The fourth-order valence-electron chi connectivity index (χ4n) is 1.86. The topological polar surface area (TPSA) is 84.2 Å². The van der Waals surface area contributed by atoms with Gasteiger partial charge in [-0.15, -0.1) is 0 Å². The van der Waals surface area contributed by atoms with Crippen LogP contribution in [0.2, 0.25) is 0 Å². The van der Waals surface area contributed by atoms with E-state index in [4.69, 9.17) is 5.11 Å². The molecule has 6 nitrogen and oxygen atoms in total. The molecular formula is C14H23N3O3S2. The molecule has 0 aliphatic heterocycles. The van der Waals surface area contributed by atoms with E-state index < -0.39 is 5.97 Å². The summed E-state index contributed by atoms with van der Waals surface area (Å²) >= 11 is 0. The second-order valence-corrected chi connectivity index (χ2v) is 8.47. The lowest BCUT2D eigenvalue weighted by atomic mass is 10.1. The maximum Gasteiger partial charge on any atom is 0.304 e. The standard InChI is InChI=1S/C14H23N3O3S2/c1-10-11(9-16-17(10)14(2,3)4)13(20)15-6-8-22-21-7-5-12(18)19/h9H,5-8H2,1-4H3,(H,15,20)(H,18,19). The second kappa shape index (κ2) is 8.47. The zero-order chi connectivity index (χ0) is 16.8. The SMILES string of the molecule is Cc1c(C(=O)NCCSSCCC(=O)O)cnn1C(C)(C)C. The lowest BCUT2D eigenvalue weighted by Gasteiger charge is -2.21. The minimum atomic E-state index is -0.785. The van der Waals surface area contributed by atoms with E-state index in [2.05, 4.69) is 10.4 Å². The van der Waals surface area contributed by atoms with Gasteiger partial charge in [0.05, 0.1) is 23.7 Å². The molecule has 1 amide bonds. The highest BCUT2D eigenvalue weighted by atomic mass is 33.1. The predicted molar refractivity (Wildman–Crippen MR) is 91.5 cm³/mol. The van der Waals surface area contributed by atoms with Crippen LogP contribution in [0.1, 0.15) is 43.2 Å². The first kappa shape index (κ1) is 18.9. The fraction of sp³-hybridized carbons (Fsp3) is 0.643. The molecule has 0 bridgehead atoms. The molecule has 8 heteroatoms. The zero-order valence-corrected chi connectivity index (χ0v) is 15.0. The molecule has 0 aliphatic rings. The van der Waals surface area contributed by atoms with Gasteiger partial charge >= 0.3 is 5.97 Å². The van der Waals surface area contributed by atoms with Crippen molar-refractivity contribution in [1.29, 1.82) is 0 Å². The van der Waals surface area contributed by atoms with Gasteiger partial charge in [-0.3, -0.25) is 14.3 Å². The Morgan fingerprint density at radius 1 is 1.32 bits per heavy atom. The van der Waals surface area contributed by atoms with Crippen LogP contribution in [0, 0.1) is 6.92 Å². The third-order valence-corrected chi connectivity index (χ3v) is 5.25. The number of carbonyl (C=O) groups excluding carboxylic acids is 1. The maximum atomic E-state index is 12.1. The monoisotopic (exact) mass is 345 g/mol. The summed E-state index contributed by atoms with van der Waals surface area (Å²) < 4.78 is 1.85. The Labute approximate surface area is 138 Å². The molecule has 0 spiro atoms. The van der Waals surface area contributed by atoms with Crippen molar-refractivity contribution < 1.29 is 14.7 Å². The van der Waals surface area contributed by atoms with Crippen LogP contribution in [-0.4, -0.2) is 44.8 Å². The van der Waals surface area contributed by atoms with Crippen LogP contribution in [0.3, 0.4) is 0 Å². The van der Waals surface area contributed by atoms with Crippen LogP contribution in [-0.2, 0) is 10.3 Å². The Morgan fingerprint density at radius 3 is 2.50 bits per heavy atom. The van der Waals surface area contributed by atoms with Crippen molar-refractivity contribution in [3.63, 3.8) is 0 Å². The number of nitrogens with one attached hydrogen (secondary N) is 1. The number of carboxylic acids is 1. The van der Waals surface area contributed by atoms with E-state index in [-0.39, 0.29) is 17.9 Å². The number of nitrogens with zero attached hydrogens (tertiary/aromatic N) is 2. The van der Waals surface area contributed by atoms with Crippen LogP contribution in [0.15, 0.2) is 6.20 Å². The zero-order valence-electron chi connectivity index (χ0n) is 13.4. The van der Waals surface area contributed by atoms with Gasteiger partial charge in [0.15, 0.2) is 0 Å². The minimum absolute atomic E-state index is 0.121. The highest BCUT2D eigenvalue weighted by Gasteiger charge is 2.21. The molecule has 0 saturated carbocycles. The van der Waals surface area contributed by atoms with E-state index in [1.807, 2.05) is 32.4 Å². The molecule has 0 saturated heterocycles. The summed E-state index contributed by atoms with van der Waals surface area (Å²) in [5.41, 5.74) is 1.30. The third-order valence-electron chi connectivity index (χ3n) is 2.84. The lowest BCUT2D eigenvalue weighted by molar-refractivity contribution is -0.136. The summed E-state index contributed by atoms with van der Waals surface area (Å²) in [6, 6.07) is 0. The van der Waals surface area contributed by atoms with Crippen molar-refractivity contribution in [2.75, 3.05) is 18.1 Å². The first-order valence-electron chi connectivity index (χ1n) is 7.03. The number of aliphatic carboxylic acids is 1. The number of carbonyl (C=O) groups is 2. The van der Waals surface area contributed by atoms with Gasteiger partial charge in [-0.1, -0.05) is 21.6 Å². The number of carboxylic acid groups (broad SMARTS) is 1. The molecule has 22 heavy (non-hydrogen) atoms. The van der Waals surface area contributed by atoms with E-state index >= 15 is 0 Å². The van der Waals surface area contributed by atoms with Crippen molar-refractivity contribution in [1.82, 2.24) is 15.1 Å². The summed E-state index contributed by atoms with van der Waals surface area (Å²) in [6.07, 6.45) is 1.76. The second-order valence-electron chi connectivity index (χ2n) is 5.77. The molecule has 124 valence electrons. The number of hydrogen-bond donors (Lipinski definition) is 2. The van der Waals surface area contributed by atoms with Crippen LogP contribution in [0.4, 0.5) is 0 Å². The summed E-state index contributed by atoms with van der Waals surface area (Å²) in [6.45, 7) is 8.56. The first-order chi connectivity index (χ1) is 10.2. The van der Waals surface area contributed by atoms with Crippen molar-refractivity contribution in [3.8, 4) is 0 Å². The Morgan fingerprint density at radius 2 is 1.95 bits per heavy atom. The molecule has 1 heterocycles. The Bertz CT molecular complexity index is 524. The molecule has 0 aliphatic carbocycles. The van der Waals surface area contributed by atoms with Crippen molar-refractivity contribution in [3.05, 3.63) is 17.5 Å². The van der Waals surface area contributed by atoms with Crippen molar-refractivity contribution in [2.24, 2.45) is 0 Å². The number of hydrogen-bond acceptors (Lipinski definition) is 5. The first-order valence-corrected chi connectivity index (χ1v) is 9.52. The van der Waals surface area contributed by atoms with Gasteiger partial charge in [0.2, 0.25) is 0 Å². The molecule has 1 aromatic heterocycles. The van der Waals surface area contributed by atoms with Gasteiger partial charge in [0, 0.05) is 23.7 Å². The van der Waals surface area contributed by atoms with E-state index in [0.717, 1.165) is 11.4 Å². The van der Waals surface area contributed by atoms with Crippen LogP contribution < -0.4 is 5.32 Å². The highest BCUT2D eigenvalue weighted by molar-refractivity contribution is 8.76. The number of amides is 1. The molecule has 2 N–H and O–H groups in total. The Kier molecular flexibility index (Phi) is 7.28. The van der Waals surface area contributed by atoms with Gasteiger partial charge in [-0.05, 0) is 27.7 Å². The largest absolute Gasteiger partial charge is 0.481 e. The predicted octanol–water partition coefficient (Wildman–Crippen LogP) is 2.53. The van der Waals surface area contributed by atoms with Crippen molar-refractivity contribution in [2.45, 2.75) is 39.7 Å². The van der Waals surface area contributed by atoms with Crippen LogP contribution in [0.5, 0.6) is 0 Å². The van der Waals surface area contributed by atoms with E-state index in [1.54, 1.807) is 17.0 Å². The summed E-state index contributed by atoms with van der Waals surface area (Å²) in [7, 11) is 3.07. The summed E-state index contributed by atoms with van der Waals surface area (Å²) in [5, 5.41) is 15.7. The smallest absolute Gasteiger partial charge is 0.304 e. The van der Waals surface area contributed by atoms with Gasteiger partial charge in [-0.2, -0.15) is 5.10 Å². The average Bonchev–Trinajstić information content (AvgIpc) is 2.78. The Balaban J connectivity index is 2.35. The Hall–Kier alpha value is -1.15. The van der Waals surface area contributed by atoms with Crippen LogP contribution >= 0.6 is 21.6 Å². The molecular weight excluding hydrogens is 322 g/mol. The molecule has 1 aromatic rings. The van der Waals surface area contributed by atoms with Gasteiger partial charge in [0.25, 0.3) is 5.91 Å². The quantitative estimate of drug-likeness (QED) is 0.556. The summed E-state index contributed by atoms with van der Waals surface area (Å²) in [5.74, 6) is 0.408.